The summed E-state index contributed by atoms with van der Waals surface area (Å²) in [5.41, 5.74) is 1.41. The van der Waals surface area contributed by atoms with Crippen LogP contribution in [0.3, 0.4) is 0 Å². The Morgan fingerprint density at radius 2 is 1.96 bits per heavy atom. The quantitative estimate of drug-likeness (QED) is 0.529. The monoisotopic (exact) mass is 367 g/mol. The molecular formula is C20H17NO6. The van der Waals surface area contributed by atoms with Crippen molar-refractivity contribution >= 4 is 22.8 Å². The fourth-order valence-corrected chi connectivity index (χ4v) is 2.59. The SMILES string of the molecule is Cc1cccc(C(=O)NCC(=O)OCc2cc(=O)oc3cc(O)ccc23)c1. The van der Waals surface area contributed by atoms with Gasteiger partial charge < -0.3 is 19.6 Å². The van der Waals surface area contributed by atoms with Crippen molar-refractivity contribution in [3.63, 3.8) is 0 Å². The number of fused-ring (bicyclic) bond motifs is 1. The van der Waals surface area contributed by atoms with E-state index in [0.29, 0.717) is 16.5 Å². The van der Waals surface area contributed by atoms with E-state index in [9.17, 15) is 19.5 Å². The number of benzene rings is 2. The minimum Gasteiger partial charge on any atom is -0.508 e. The Bertz CT molecular complexity index is 1070. The molecule has 138 valence electrons. The van der Waals surface area contributed by atoms with Gasteiger partial charge in [-0.25, -0.2) is 4.79 Å². The lowest BCUT2D eigenvalue weighted by Crippen LogP contribution is -2.30. The maximum Gasteiger partial charge on any atom is 0.336 e. The number of hydrogen-bond donors (Lipinski definition) is 2. The summed E-state index contributed by atoms with van der Waals surface area (Å²) in [5.74, 6) is -1.06. The normalized spacial score (nSPS) is 10.6. The summed E-state index contributed by atoms with van der Waals surface area (Å²) in [5, 5.41) is 12.5. The zero-order valence-corrected chi connectivity index (χ0v) is 14.5. The van der Waals surface area contributed by atoms with E-state index >= 15 is 0 Å². The highest BCUT2D eigenvalue weighted by Gasteiger charge is 2.11. The first kappa shape index (κ1) is 18.2. The van der Waals surface area contributed by atoms with Gasteiger partial charge in [0, 0.05) is 28.6 Å². The molecule has 0 spiro atoms. The molecule has 0 radical (unpaired) electrons. The number of carbonyl (C=O) groups is 2. The van der Waals surface area contributed by atoms with Crippen molar-refractivity contribution < 1.29 is 23.8 Å². The molecule has 0 unspecified atom stereocenters. The highest BCUT2D eigenvalue weighted by Crippen LogP contribution is 2.22. The number of amides is 1. The first-order chi connectivity index (χ1) is 12.9. The van der Waals surface area contributed by atoms with Crippen molar-refractivity contribution in [1.29, 1.82) is 0 Å². The number of ether oxygens (including phenoxy) is 1. The van der Waals surface area contributed by atoms with Crippen LogP contribution in [0.2, 0.25) is 0 Å². The number of esters is 1. The van der Waals surface area contributed by atoms with Gasteiger partial charge in [0.15, 0.2) is 0 Å². The van der Waals surface area contributed by atoms with Crippen LogP contribution in [-0.4, -0.2) is 23.5 Å². The number of nitrogens with one attached hydrogen (secondary N) is 1. The minimum absolute atomic E-state index is 0.0429. The third-order valence-corrected chi connectivity index (χ3v) is 3.88. The number of carbonyl (C=O) groups excluding carboxylic acids is 2. The number of rotatable bonds is 5. The molecule has 2 aromatic carbocycles. The number of aromatic hydroxyl groups is 1. The van der Waals surface area contributed by atoms with Crippen molar-refractivity contribution in [3.8, 4) is 5.75 Å². The molecule has 0 aliphatic heterocycles. The summed E-state index contributed by atoms with van der Waals surface area (Å²) < 4.78 is 10.1. The average Bonchev–Trinajstić information content (AvgIpc) is 2.63. The predicted octanol–water partition coefficient (Wildman–Crippen LogP) is 2.28. The highest BCUT2D eigenvalue weighted by atomic mass is 16.5. The summed E-state index contributed by atoms with van der Waals surface area (Å²) in [7, 11) is 0. The van der Waals surface area contributed by atoms with Gasteiger partial charge in [-0.05, 0) is 31.2 Å². The van der Waals surface area contributed by atoms with E-state index in [0.717, 1.165) is 5.56 Å². The van der Waals surface area contributed by atoms with Crippen LogP contribution in [0, 0.1) is 6.92 Å². The van der Waals surface area contributed by atoms with E-state index in [1.807, 2.05) is 13.0 Å². The van der Waals surface area contributed by atoms with Crippen molar-refractivity contribution in [2.75, 3.05) is 6.54 Å². The van der Waals surface area contributed by atoms with Gasteiger partial charge in [-0.15, -0.1) is 0 Å². The summed E-state index contributed by atoms with van der Waals surface area (Å²) in [6, 6.07) is 12.5. The van der Waals surface area contributed by atoms with Crippen LogP contribution < -0.4 is 10.9 Å². The van der Waals surface area contributed by atoms with Gasteiger partial charge in [-0.3, -0.25) is 9.59 Å². The van der Waals surface area contributed by atoms with Crippen LogP contribution in [0.25, 0.3) is 11.0 Å². The topological polar surface area (TPSA) is 106 Å². The molecule has 1 aromatic heterocycles. The number of hydrogen-bond acceptors (Lipinski definition) is 6. The summed E-state index contributed by atoms with van der Waals surface area (Å²) in [6.45, 7) is 1.41. The Morgan fingerprint density at radius 1 is 1.15 bits per heavy atom. The number of aryl methyl sites for hydroxylation is 1. The second kappa shape index (κ2) is 7.74. The molecule has 0 saturated carbocycles. The lowest BCUT2D eigenvalue weighted by Gasteiger charge is -2.08. The second-order valence-electron chi connectivity index (χ2n) is 5.98. The first-order valence-electron chi connectivity index (χ1n) is 8.18. The van der Waals surface area contributed by atoms with Crippen LogP contribution in [0.5, 0.6) is 5.75 Å². The lowest BCUT2D eigenvalue weighted by molar-refractivity contribution is -0.143. The Kier molecular flexibility index (Phi) is 5.21. The zero-order valence-electron chi connectivity index (χ0n) is 14.5. The number of phenols is 1. The molecule has 0 fully saturated rings. The van der Waals surface area contributed by atoms with Crippen molar-refractivity contribution in [2.45, 2.75) is 13.5 Å². The molecule has 1 amide bonds. The Morgan fingerprint density at radius 3 is 2.74 bits per heavy atom. The van der Waals surface area contributed by atoms with Crippen LogP contribution in [0.15, 0.2) is 57.7 Å². The van der Waals surface area contributed by atoms with Crippen LogP contribution in [0.4, 0.5) is 0 Å². The van der Waals surface area contributed by atoms with Crippen LogP contribution in [0.1, 0.15) is 21.5 Å². The third-order valence-electron chi connectivity index (χ3n) is 3.88. The Balaban J connectivity index is 1.62. The molecule has 0 aliphatic rings. The summed E-state index contributed by atoms with van der Waals surface area (Å²) in [4.78, 5) is 35.6. The van der Waals surface area contributed by atoms with E-state index in [1.54, 1.807) is 24.3 Å². The molecule has 0 bridgehead atoms. The van der Waals surface area contributed by atoms with E-state index < -0.39 is 11.6 Å². The highest BCUT2D eigenvalue weighted by molar-refractivity contribution is 5.96. The molecule has 27 heavy (non-hydrogen) atoms. The van der Waals surface area contributed by atoms with Gasteiger partial charge in [0.25, 0.3) is 5.91 Å². The van der Waals surface area contributed by atoms with E-state index in [4.69, 9.17) is 9.15 Å². The molecular weight excluding hydrogens is 350 g/mol. The molecule has 2 N–H and O–H groups in total. The standard InChI is InChI=1S/C20H17NO6/c1-12-3-2-4-13(7-12)20(25)21-10-19(24)26-11-14-8-18(23)27-17-9-15(22)5-6-16(14)17/h2-9,22H,10-11H2,1H3,(H,21,25). The van der Waals surface area contributed by atoms with Gasteiger partial charge in [-0.1, -0.05) is 17.7 Å². The van der Waals surface area contributed by atoms with Gasteiger partial charge >= 0.3 is 11.6 Å². The molecule has 0 saturated heterocycles. The van der Waals surface area contributed by atoms with E-state index in [-0.39, 0.29) is 30.4 Å². The average molecular weight is 367 g/mol. The molecule has 7 heteroatoms. The van der Waals surface area contributed by atoms with Gasteiger partial charge in [-0.2, -0.15) is 0 Å². The summed E-state index contributed by atoms with van der Waals surface area (Å²) >= 11 is 0. The van der Waals surface area contributed by atoms with Gasteiger partial charge in [0.05, 0.1) is 0 Å². The first-order valence-corrected chi connectivity index (χ1v) is 8.18. The van der Waals surface area contributed by atoms with Gasteiger partial charge in [0.2, 0.25) is 0 Å². The maximum atomic E-state index is 12.0. The van der Waals surface area contributed by atoms with Crippen molar-refractivity contribution in [1.82, 2.24) is 5.32 Å². The molecule has 1 heterocycles. The third kappa shape index (κ3) is 4.52. The smallest absolute Gasteiger partial charge is 0.336 e. The Hall–Kier alpha value is -3.61. The zero-order chi connectivity index (χ0) is 19.4. The lowest BCUT2D eigenvalue weighted by atomic mass is 10.1. The van der Waals surface area contributed by atoms with Crippen LogP contribution >= 0.6 is 0 Å². The maximum absolute atomic E-state index is 12.0. The van der Waals surface area contributed by atoms with Gasteiger partial charge in [0.1, 0.15) is 24.5 Å². The molecule has 7 nitrogen and oxygen atoms in total. The number of phenolic OH excluding ortho intramolecular Hbond substituents is 1. The molecule has 3 rings (SSSR count). The summed E-state index contributed by atoms with van der Waals surface area (Å²) in [6.07, 6.45) is 0. The minimum atomic E-state index is -0.642. The van der Waals surface area contributed by atoms with E-state index in [2.05, 4.69) is 5.32 Å². The Labute approximate surface area is 154 Å². The molecule has 3 aromatic rings. The molecule has 0 aliphatic carbocycles. The predicted molar refractivity (Wildman–Crippen MR) is 97.5 cm³/mol. The largest absolute Gasteiger partial charge is 0.508 e. The van der Waals surface area contributed by atoms with Crippen molar-refractivity contribution in [2.24, 2.45) is 0 Å². The fraction of sp³-hybridized carbons (Fsp3) is 0.150. The molecule has 0 atom stereocenters. The fourth-order valence-electron chi connectivity index (χ4n) is 2.59. The van der Waals surface area contributed by atoms with Crippen molar-refractivity contribution in [3.05, 3.63) is 75.6 Å². The second-order valence-corrected chi connectivity index (χ2v) is 5.98. The van der Waals surface area contributed by atoms with E-state index in [1.165, 1.54) is 18.2 Å². The van der Waals surface area contributed by atoms with Crippen LogP contribution in [-0.2, 0) is 16.1 Å².